The Morgan fingerprint density at radius 1 is 0.824 bits per heavy atom. The van der Waals surface area contributed by atoms with E-state index < -0.39 is 0 Å². The molecule has 5 rings (SSSR count). The van der Waals surface area contributed by atoms with E-state index in [2.05, 4.69) is 17.1 Å². The van der Waals surface area contributed by atoms with E-state index in [4.69, 9.17) is 0 Å². The van der Waals surface area contributed by atoms with E-state index in [9.17, 15) is 9.59 Å². The summed E-state index contributed by atoms with van der Waals surface area (Å²) >= 11 is 0. The number of benzene rings is 3. The molecule has 0 atom stereocenters. The number of amides is 2. The molecule has 0 unspecified atom stereocenters. The van der Waals surface area contributed by atoms with Gasteiger partial charge in [0.05, 0.1) is 5.56 Å². The van der Waals surface area contributed by atoms with Crippen LogP contribution in [0.15, 0.2) is 60.7 Å². The van der Waals surface area contributed by atoms with E-state index in [1.807, 2.05) is 65.6 Å². The van der Waals surface area contributed by atoms with Crippen LogP contribution in [0.3, 0.4) is 0 Å². The molecule has 2 aliphatic rings. The highest BCUT2D eigenvalue weighted by Gasteiger charge is 2.26. The van der Waals surface area contributed by atoms with Crippen molar-refractivity contribution in [3.63, 3.8) is 0 Å². The van der Waals surface area contributed by atoms with Crippen LogP contribution in [-0.2, 0) is 0 Å². The number of nitrogens with zero attached hydrogens (tertiary/aromatic N) is 2. The molecule has 2 amide bonds. The van der Waals surface area contributed by atoms with Crippen LogP contribution in [0, 0.1) is 5.92 Å². The van der Waals surface area contributed by atoms with Crippen molar-refractivity contribution in [1.82, 2.24) is 4.90 Å². The van der Waals surface area contributed by atoms with E-state index in [1.54, 1.807) is 0 Å². The van der Waals surface area contributed by atoms with Gasteiger partial charge in [0, 0.05) is 43.1 Å². The van der Waals surface area contributed by atoms with Gasteiger partial charge in [-0.1, -0.05) is 37.3 Å². The first-order chi connectivity index (χ1) is 16.6. The fourth-order valence-electron chi connectivity index (χ4n) is 5.11. The average molecular weight is 456 g/mol. The first kappa shape index (κ1) is 22.5. The number of anilines is 2. The number of carbonyl (C=O) groups excluding carboxylic acids is 2. The number of piperidine rings is 2. The molecule has 5 heteroatoms. The molecule has 34 heavy (non-hydrogen) atoms. The SMILES string of the molecule is CC1CCN(C(=O)c2cc(NC(=O)c3ccc4ccccc4c3)ccc2N2CCCCC2)CC1. The predicted octanol–water partition coefficient (Wildman–Crippen LogP) is 5.95. The molecule has 1 N–H and O–H groups in total. The summed E-state index contributed by atoms with van der Waals surface area (Å²) in [6, 6.07) is 19.6. The van der Waals surface area contributed by atoms with Gasteiger partial charge in [0.2, 0.25) is 0 Å². The van der Waals surface area contributed by atoms with Gasteiger partial charge < -0.3 is 15.1 Å². The van der Waals surface area contributed by atoms with Gasteiger partial charge in [-0.3, -0.25) is 9.59 Å². The molecule has 0 bridgehead atoms. The van der Waals surface area contributed by atoms with Crippen LogP contribution >= 0.6 is 0 Å². The molecule has 176 valence electrons. The minimum absolute atomic E-state index is 0.0780. The molecule has 2 heterocycles. The van der Waals surface area contributed by atoms with Crippen LogP contribution in [0.4, 0.5) is 11.4 Å². The number of likely N-dealkylation sites (tertiary alicyclic amines) is 1. The topological polar surface area (TPSA) is 52.7 Å². The number of fused-ring (bicyclic) bond motifs is 1. The zero-order valence-electron chi connectivity index (χ0n) is 19.9. The van der Waals surface area contributed by atoms with E-state index in [0.29, 0.717) is 22.7 Å². The Balaban J connectivity index is 1.42. The third kappa shape index (κ3) is 4.79. The van der Waals surface area contributed by atoms with Crippen LogP contribution < -0.4 is 10.2 Å². The van der Waals surface area contributed by atoms with Gasteiger partial charge in [0.25, 0.3) is 11.8 Å². The van der Waals surface area contributed by atoms with Crippen LogP contribution in [0.5, 0.6) is 0 Å². The minimum Gasteiger partial charge on any atom is -0.371 e. The summed E-state index contributed by atoms with van der Waals surface area (Å²) in [5.41, 5.74) is 2.96. The molecule has 3 aromatic rings. The number of carbonyl (C=O) groups is 2. The first-order valence-electron chi connectivity index (χ1n) is 12.6. The first-order valence-corrected chi connectivity index (χ1v) is 12.6. The molecule has 5 nitrogen and oxygen atoms in total. The smallest absolute Gasteiger partial charge is 0.256 e. The Hall–Kier alpha value is -3.34. The highest BCUT2D eigenvalue weighted by atomic mass is 16.2. The summed E-state index contributed by atoms with van der Waals surface area (Å²) in [7, 11) is 0. The maximum absolute atomic E-state index is 13.6. The standard InChI is InChI=1S/C29H33N3O2/c1-21-13-17-32(18-14-21)29(34)26-20-25(11-12-27(26)31-15-5-2-6-16-31)30-28(33)24-10-9-22-7-3-4-8-23(22)19-24/h3-4,7-12,19-21H,2,5-6,13-18H2,1H3,(H,30,33). The zero-order chi connectivity index (χ0) is 23.5. The van der Waals surface area contributed by atoms with Gasteiger partial charge in [-0.2, -0.15) is 0 Å². The minimum atomic E-state index is -0.165. The van der Waals surface area contributed by atoms with Gasteiger partial charge in [0.15, 0.2) is 0 Å². The molecule has 0 spiro atoms. The normalized spacial score (nSPS) is 17.1. The molecule has 0 aliphatic carbocycles. The lowest BCUT2D eigenvalue weighted by Crippen LogP contribution is -2.39. The lowest BCUT2D eigenvalue weighted by atomic mass is 9.98. The van der Waals surface area contributed by atoms with Gasteiger partial charge >= 0.3 is 0 Å². The highest BCUT2D eigenvalue weighted by molar-refractivity contribution is 6.08. The van der Waals surface area contributed by atoms with Gasteiger partial charge in [-0.05, 0) is 79.1 Å². The second kappa shape index (κ2) is 9.88. The second-order valence-corrected chi connectivity index (χ2v) is 9.77. The summed E-state index contributed by atoms with van der Waals surface area (Å²) in [6.07, 6.45) is 5.63. The van der Waals surface area contributed by atoms with E-state index >= 15 is 0 Å². The number of rotatable bonds is 4. The van der Waals surface area contributed by atoms with Crippen molar-refractivity contribution in [2.45, 2.75) is 39.0 Å². The lowest BCUT2D eigenvalue weighted by Gasteiger charge is -2.34. The molecular formula is C29H33N3O2. The van der Waals surface area contributed by atoms with Crippen molar-refractivity contribution in [2.24, 2.45) is 5.92 Å². The predicted molar refractivity (Wildman–Crippen MR) is 139 cm³/mol. The van der Waals surface area contributed by atoms with Crippen molar-refractivity contribution in [3.05, 3.63) is 71.8 Å². The molecule has 0 saturated carbocycles. The van der Waals surface area contributed by atoms with Crippen molar-refractivity contribution in [1.29, 1.82) is 0 Å². The second-order valence-electron chi connectivity index (χ2n) is 9.77. The third-order valence-electron chi connectivity index (χ3n) is 7.26. The lowest BCUT2D eigenvalue weighted by molar-refractivity contribution is 0.0697. The Morgan fingerprint density at radius 2 is 1.56 bits per heavy atom. The summed E-state index contributed by atoms with van der Waals surface area (Å²) < 4.78 is 0. The highest BCUT2D eigenvalue weighted by Crippen LogP contribution is 2.30. The maximum Gasteiger partial charge on any atom is 0.256 e. The van der Waals surface area contributed by atoms with Crippen LogP contribution in [0.1, 0.15) is 59.7 Å². The Morgan fingerprint density at radius 3 is 2.32 bits per heavy atom. The van der Waals surface area contributed by atoms with Crippen molar-refractivity contribution < 1.29 is 9.59 Å². The Kier molecular flexibility index (Phi) is 6.52. The van der Waals surface area contributed by atoms with E-state index in [1.165, 1.54) is 6.42 Å². The summed E-state index contributed by atoms with van der Waals surface area (Å²) in [4.78, 5) is 31.0. The molecule has 0 radical (unpaired) electrons. The van der Waals surface area contributed by atoms with Crippen molar-refractivity contribution in [3.8, 4) is 0 Å². The Bertz CT molecular complexity index is 1190. The van der Waals surface area contributed by atoms with E-state index in [0.717, 1.165) is 68.3 Å². The van der Waals surface area contributed by atoms with Gasteiger partial charge in [-0.15, -0.1) is 0 Å². The average Bonchev–Trinajstić information content (AvgIpc) is 2.89. The quantitative estimate of drug-likeness (QED) is 0.529. The summed E-state index contributed by atoms with van der Waals surface area (Å²) in [6.45, 7) is 5.80. The van der Waals surface area contributed by atoms with E-state index in [-0.39, 0.29) is 11.8 Å². The molecule has 0 aromatic heterocycles. The number of nitrogens with one attached hydrogen (secondary N) is 1. The summed E-state index contributed by atoms with van der Waals surface area (Å²) in [5, 5.41) is 5.17. The van der Waals surface area contributed by atoms with Gasteiger partial charge in [-0.25, -0.2) is 0 Å². The van der Waals surface area contributed by atoms with Crippen LogP contribution in [0.2, 0.25) is 0 Å². The number of hydrogen-bond donors (Lipinski definition) is 1. The third-order valence-corrected chi connectivity index (χ3v) is 7.26. The Labute approximate surface area is 201 Å². The largest absolute Gasteiger partial charge is 0.371 e. The molecule has 2 fully saturated rings. The molecular weight excluding hydrogens is 422 g/mol. The monoisotopic (exact) mass is 455 g/mol. The zero-order valence-corrected chi connectivity index (χ0v) is 19.9. The van der Waals surface area contributed by atoms with Crippen molar-refractivity contribution in [2.75, 3.05) is 36.4 Å². The fourth-order valence-corrected chi connectivity index (χ4v) is 5.11. The van der Waals surface area contributed by atoms with Crippen LogP contribution in [-0.4, -0.2) is 42.9 Å². The number of hydrogen-bond acceptors (Lipinski definition) is 3. The summed E-state index contributed by atoms with van der Waals surface area (Å²) in [5.74, 6) is 0.578. The molecule has 2 saturated heterocycles. The van der Waals surface area contributed by atoms with Crippen molar-refractivity contribution >= 4 is 34.0 Å². The van der Waals surface area contributed by atoms with Gasteiger partial charge in [0.1, 0.15) is 0 Å². The fraction of sp³-hybridized carbons (Fsp3) is 0.379. The van der Waals surface area contributed by atoms with Crippen LogP contribution in [0.25, 0.3) is 10.8 Å². The maximum atomic E-state index is 13.6. The molecule has 2 aliphatic heterocycles. The molecule has 3 aromatic carbocycles.